The highest BCUT2D eigenvalue weighted by atomic mass is 32.3. The van der Waals surface area contributed by atoms with Crippen molar-refractivity contribution < 1.29 is 47.6 Å². The van der Waals surface area contributed by atoms with Crippen molar-refractivity contribution >= 4 is 42.0 Å². The molecular formula is C17H9F6O6S3-. The summed E-state index contributed by atoms with van der Waals surface area (Å²) in [6, 6.07) is 7.90. The molecule has 0 aliphatic carbocycles. The number of halogens is 6. The van der Waals surface area contributed by atoms with Gasteiger partial charge in [-0.25, -0.2) is 0 Å². The van der Waals surface area contributed by atoms with Crippen molar-refractivity contribution in [2.24, 2.45) is 0 Å². The van der Waals surface area contributed by atoms with Gasteiger partial charge in [-0.15, -0.1) is 17.8 Å². The van der Waals surface area contributed by atoms with Crippen LogP contribution in [0.5, 0.6) is 0 Å². The Morgan fingerprint density at radius 1 is 0.875 bits per heavy atom. The number of para-hydroxylation sites is 1. The van der Waals surface area contributed by atoms with Gasteiger partial charge in [0.05, 0.1) is 10.3 Å². The Balaban J connectivity index is 2.37. The summed E-state index contributed by atoms with van der Waals surface area (Å²) in [7, 11) is -14.0. The molecule has 2 aromatic heterocycles. The summed E-state index contributed by atoms with van der Waals surface area (Å²) < 4.78 is 129. The largest absolute Gasteiger partial charge is 0.469 e. The molecule has 0 atom stereocenters. The first-order valence-corrected chi connectivity index (χ1v) is 12.0. The molecule has 3 aromatic rings. The highest BCUT2D eigenvalue weighted by Crippen LogP contribution is 2.43. The van der Waals surface area contributed by atoms with Gasteiger partial charge in [-0.05, 0) is 23.6 Å². The molecule has 0 N–H and O–H groups in total. The Morgan fingerprint density at radius 3 is 1.94 bits per heavy atom. The topological polar surface area (TPSA) is 98.5 Å². The van der Waals surface area contributed by atoms with Gasteiger partial charge in [-0.1, -0.05) is 22.8 Å². The smallest absolute Gasteiger partial charge is 0.455 e. The third-order valence-electron chi connectivity index (χ3n) is 4.17. The fourth-order valence-electron chi connectivity index (χ4n) is 2.68. The van der Waals surface area contributed by atoms with Crippen molar-refractivity contribution in [2.45, 2.75) is 17.4 Å². The molecule has 0 aliphatic rings. The Labute approximate surface area is 179 Å². The Kier molecular flexibility index (Phi) is 5.97. The van der Waals surface area contributed by atoms with E-state index >= 15 is 0 Å². The van der Waals surface area contributed by atoms with E-state index < -0.39 is 58.4 Å². The lowest BCUT2D eigenvalue weighted by atomic mass is 10.1. The summed E-state index contributed by atoms with van der Waals surface area (Å²) in [5, 5.41) is 1.15. The summed E-state index contributed by atoms with van der Waals surface area (Å²) in [6.07, 6.45) is -2.01. The number of sulfone groups is 2. The molecule has 174 valence electrons. The van der Waals surface area contributed by atoms with Crippen molar-refractivity contribution in [2.75, 3.05) is 0 Å². The first-order chi connectivity index (χ1) is 14.6. The van der Waals surface area contributed by atoms with Gasteiger partial charge in [-0.2, -0.15) is 26.3 Å². The zero-order valence-electron chi connectivity index (χ0n) is 15.2. The normalized spacial score (nSPS) is 13.7. The molecule has 0 spiro atoms. The average Bonchev–Trinajstić information content (AvgIpc) is 3.19. The van der Waals surface area contributed by atoms with E-state index in [-0.39, 0.29) is 15.8 Å². The fourth-order valence-corrected chi connectivity index (χ4v) is 6.32. The standard InChI is InChI=1S/C17H9F6O6S3/c18-16(19,20)31(25,26)13(32(27,28)17(21,22)23)8-10-14(24)9-4-1-2-5-11(9)29-15(10)12-6-3-7-30-12/h1-7H,8H2/q-1. The molecule has 1 aromatic carbocycles. The third-order valence-corrected chi connectivity index (χ3v) is 9.06. The van der Waals surface area contributed by atoms with Crippen LogP contribution in [0.3, 0.4) is 0 Å². The molecule has 0 aliphatic heterocycles. The maximum absolute atomic E-state index is 13.1. The number of fused-ring (bicyclic) bond motifs is 1. The second kappa shape index (κ2) is 7.88. The van der Waals surface area contributed by atoms with Crippen LogP contribution in [0.4, 0.5) is 26.3 Å². The van der Waals surface area contributed by atoms with Crippen LogP contribution in [0.25, 0.3) is 21.6 Å². The number of alkyl halides is 6. The summed E-state index contributed by atoms with van der Waals surface area (Å²) in [5.41, 5.74) is -15.0. The van der Waals surface area contributed by atoms with E-state index in [9.17, 15) is 48.0 Å². The monoisotopic (exact) mass is 519 g/mol. The number of rotatable bonds is 5. The predicted octanol–water partition coefficient (Wildman–Crippen LogP) is 4.42. The van der Waals surface area contributed by atoms with E-state index in [0.717, 1.165) is 17.4 Å². The summed E-state index contributed by atoms with van der Waals surface area (Å²) in [5.74, 6) is -0.545. The molecule has 0 unspecified atom stereocenters. The fraction of sp³-hybridized carbons (Fsp3) is 0.176. The molecule has 32 heavy (non-hydrogen) atoms. The van der Waals surface area contributed by atoms with Gasteiger partial charge in [0, 0.05) is 5.56 Å². The van der Waals surface area contributed by atoms with Crippen LogP contribution in [0.15, 0.2) is 51.0 Å². The SMILES string of the molecule is O=c1c(C[C-](S(=O)(=O)C(F)(F)F)S(=O)(=O)C(F)(F)F)c(-c2cccs2)oc2ccccc12. The Morgan fingerprint density at radius 2 is 1.44 bits per heavy atom. The van der Waals surface area contributed by atoms with Crippen molar-refractivity contribution in [3.05, 3.63) is 62.1 Å². The van der Waals surface area contributed by atoms with Crippen molar-refractivity contribution in [3.63, 3.8) is 0 Å². The Bertz CT molecular complexity index is 1370. The number of hydrogen-bond acceptors (Lipinski definition) is 7. The van der Waals surface area contributed by atoms with E-state index in [1.807, 2.05) is 0 Å². The van der Waals surface area contributed by atoms with Crippen molar-refractivity contribution in [1.82, 2.24) is 0 Å². The van der Waals surface area contributed by atoms with Gasteiger partial charge in [0.15, 0.2) is 5.43 Å². The van der Waals surface area contributed by atoms with E-state index in [1.165, 1.54) is 35.7 Å². The highest BCUT2D eigenvalue weighted by Gasteiger charge is 2.54. The highest BCUT2D eigenvalue weighted by molar-refractivity contribution is 8.13. The van der Waals surface area contributed by atoms with Gasteiger partial charge in [0.2, 0.25) is 0 Å². The minimum Gasteiger partial charge on any atom is -0.455 e. The second-order valence-electron chi connectivity index (χ2n) is 6.16. The van der Waals surface area contributed by atoms with Crippen LogP contribution in [-0.2, 0) is 26.1 Å². The summed E-state index contributed by atoms with van der Waals surface area (Å²) in [6.45, 7) is 0. The van der Waals surface area contributed by atoms with Crippen LogP contribution in [-0.4, -0.2) is 27.9 Å². The Hall–Kier alpha value is -2.39. The van der Waals surface area contributed by atoms with E-state index in [2.05, 4.69) is 0 Å². The number of benzene rings is 1. The first kappa shape index (κ1) is 24.3. The molecule has 6 nitrogen and oxygen atoms in total. The third kappa shape index (κ3) is 4.03. The van der Waals surface area contributed by atoms with Crippen molar-refractivity contribution in [1.29, 1.82) is 0 Å². The summed E-state index contributed by atoms with van der Waals surface area (Å²) in [4.78, 5) is 13.0. The molecule has 3 rings (SSSR count). The lowest BCUT2D eigenvalue weighted by molar-refractivity contribution is -0.0455. The van der Waals surface area contributed by atoms with Gasteiger partial charge < -0.3 is 4.42 Å². The van der Waals surface area contributed by atoms with Crippen molar-refractivity contribution in [3.8, 4) is 10.6 Å². The summed E-state index contributed by atoms with van der Waals surface area (Å²) >= 11 is 0.875. The van der Waals surface area contributed by atoms with Crippen LogP contribution in [0, 0.1) is 4.58 Å². The van der Waals surface area contributed by atoms with Crippen LogP contribution >= 0.6 is 11.3 Å². The van der Waals surface area contributed by atoms with E-state index in [4.69, 9.17) is 4.42 Å². The average molecular weight is 519 g/mol. The quantitative estimate of drug-likeness (QED) is 0.366. The molecule has 0 fully saturated rings. The molecule has 0 saturated carbocycles. The lowest BCUT2D eigenvalue weighted by Crippen LogP contribution is -2.41. The van der Waals surface area contributed by atoms with Crippen LogP contribution < -0.4 is 5.43 Å². The zero-order chi connectivity index (χ0) is 24.1. The van der Waals surface area contributed by atoms with Gasteiger partial charge in [-0.3, -0.25) is 21.6 Å². The molecule has 15 heteroatoms. The maximum Gasteiger partial charge on any atom is 0.469 e. The minimum absolute atomic E-state index is 0.0519. The second-order valence-corrected chi connectivity index (χ2v) is 11.3. The minimum atomic E-state index is -7.00. The maximum atomic E-state index is 13.1. The van der Waals surface area contributed by atoms with Gasteiger partial charge in [0.1, 0.15) is 31.0 Å². The predicted molar refractivity (Wildman–Crippen MR) is 103 cm³/mol. The molecule has 0 bridgehead atoms. The van der Waals surface area contributed by atoms with Gasteiger partial charge >= 0.3 is 11.0 Å². The van der Waals surface area contributed by atoms with E-state index in [1.54, 1.807) is 0 Å². The molecule has 0 saturated heterocycles. The zero-order valence-corrected chi connectivity index (χ0v) is 17.6. The lowest BCUT2D eigenvalue weighted by Gasteiger charge is -2.31. The first-order valence-electron chi connectivity index (χ1n) is 8.16. The molecule has 2 heterocycles. The van der Waals surface area contributed by atoms with Crippen LogP contribution in [0.1, 0.15) is 5.56 Å². The number of thiophene rings is 1. The van der Waals surface area contributed by atoms with Gasteiger partial charge in [0.25, 0.3) is 0 Å². The van der Waals surface area contributed by atoms with Crippen LogP contribution in [0.2, 0.25) is 0 Å². The molecule has 0 radical (unpaired) electrons. The molecule has 0 amide bonds. The molecular weight excluding hydrogens is 510 g/mol. The number of hydrogen-bond donors (Lipinski definition) is 0. The van der Waals surface area contributed by atoms with E-state index in [0.29, 0.717) is 0 Å².